The van der Waals surface area contributed by atoms with E-state index in [4.69, 9.17) is 16.3 Å². The average Bonchev–Trinajstić information content (AvgIpc) is 2.58. The van der Waals surface area contributed by atoms with Gasteiger partial charge in [0.25, 0.3) is 5.91 Å². The van der Waals surface area contributed by atoms with Gasteiger partial charge in [-0.2, -0.15) is 0 Å². The molecule has 0 spiro atoms. The lowest BCUT2D eigenvalue weighted by molar-refractivity contribution is -0.171. The third-order valence-corrected chi connectivity index (χ3v) is 6.87. The van der Waals surface area contributed by atoms with Crippen LogP contribution in [0.5, 0.6) is 0 Å². The Balaban J connectivity index is 1.33. The van der Waals surface area contributed by atoms with E-state index in [0.29, 0.717) is 23.9 Å². The van der Waals surface area contributed by atoms with Crippen LogP contribution in [0.1, 0.15) is 38.5 Å². The minimum Gasteiger partial charge on any atom is -0.455 e. The molecule has 6 heteroatoms. The summed E-state index contributed by atoms with van der Waals surface area (Å²) in [5, 5.41) is 2.78. The van der Waals surface area contributed by atoms with Crippen molar-refractivity contribution in [3.8, 4) is 0 Å². The number of hydrogen-bond donors (Lipinski definition) is 1. The Bertz CT molecular complexity index is 732. The summed E-state index contributed by atoms with van der Waals surface area (Å²) in [6.45, 7) is -0.249. The zero-order valence-corrected chi connectivity index (χ0v) is 16.7. The number of anilines is 2. The quantitative estimate of drug-likeness (QED) is 0.613. The first-order valence-corrected chi connectivity index (χ1v) is 10.1. The van der Waals surface area contributed by atoms with E-state index in [1.54, 1.807) is 0 Å². The molecule has 4 fully saturated rings. The van der Waals surface area contributed by atoms with Gasteiger partial charge in [-0.05, 0) is 74.6 Å². The first kappa shape index (κ1) is 18.6. The Morgan fingerprint density at radius 3 is 2.33 bits per heavy atom. The van der Waals surface area contributed by atoms with Gasteiger partial charge < -0.3 is 15.0 Å². The van der Waals surface area contributed by atoms with Gasteiger partial charge in [-0.25, -0.2) is 0 Å². The van der Waals surface area contributed by atoms with Crippen molar-refractivity contribution in [3.63, 3.8) is 0 Å². The van der Waals surface area contributed by atoms with E-state index in [0.717, 1.165) is 31.4 Å². The number of ether oxygens (including phenoxy) is 1. The second kappa shape index (κ2) is 6.69. The van der Waals surface area contributed by atoms with Crippen LogP contribution in [0.25, 0.3) is 0 Å². The summed E-state index contributed by atoms with van der Waals surface area (Å²) in [6, 6.07) is 7.53. The molecule has 5 nitrogen and oxygen atoms in total. The van der Waals surface area contributed by atoms with E-state index in [1.165, 1.54) is 6.42 Å². The highest BCUT2D eigenvalue weighted by atomic mass is 35.5. The predicted molar refractivity (Wildman–Crippen MR) is 106 cm³/mol. The van der Waals surface area contributed by atoms with Crippen molar-refractivity contribution >= 4 is 34.9 Å². The lowest BCUT2D eigenvalue weighted by Crippen LogP contribution is -2.56. The fourth-order valence-electron chi connectivity index (χ4n) is 5.71. The lowest BCUT2D eigenvalue weighted by atomic mass is 9.49. The second-order valence-corrected chi connectivity index (χ2v) is 9.76. The first-order valence-electron chi connectivity index (χ1n) is 9.70. The van der Waals surface area contributed by atoms with E-state index >= 15 is 0 Å². The van der Waals surface area contributed by atoms with Gasteiger partial charge in [0.1, 0.15) is 0 Å². The number of esters is 1. The van der Waals surface area contributed by atoms with Crippen LogP contribution in [0.4, 0.5) is 11.4 Å². The van der Waals surface area contributed by atoms with E-state index in [9.17, 15) is 9.59 Å². The maximum Gasteiger partial charge on any atom is 0.312 e. The topological polar surface area (TPSA) is 58.6 Å². The van der Waals surface area contributed by atoms with Gasteiger partial charge in [-0.1, -0.05) is 0 Å². The largest absolute Gasteiger partial charge is 0.455 e. The van der Waals surface area contributed by atoms with Gasteiger partial charge in [0.15, 0.2) is 6.61 Å². The maximum atomic E-state index is 12.8. The molecule has 0 aliphatic heterocycles. The van der Waals surface area contributed by atoms with Crippen molar-refractivity contribution in [1.29, 1.82) is 0 Å². The first-order chi connectivity index (χ1) is 12.8. The molecule has 1 amide bonds. The van der Waals surface area contributed by atoms with Crippen LogP contribution in [0, 0.1) is 17.3 Å². The highest BCUT2D eigenvalue weighted by Crippen LogP contribution is 2.64. The van der Waals surface area contributed by atoms with Gasteiger partial charge in [-0.15, -0.1) is 11.6 Å². The van der Waals surface area contributed by atoms with Crippen molar-refractivity contribution in [3.05, 3.63) is 24.3 Å². The van der Waals surface area contributed by atoms with Crippen LogP contribution in [0.2, 0.25) is 0 Å². The number of nitrogens with zero attached hydrogens (tertiary/aromatic N) is 1. The molecule has 1 aromatic rings. The van der Waals surface area contributed by atoms with Gasteiger partial charge in [0.05, 0.1) is 5.41 Å². The number of nitrogens with one attached hydrogen (secondary N) is 1. The van der Waals surface area contributed by atoms with Crippen molar-refractivity contribution in [1.82, 2.24) is 0 Å². The number of hydrogen-bond acceptors (Lipinski definition) is 4. The number of rotatable bonds is 5. The van der Waals surface area contributed by atoms with E-state index in [-0.39, 0.29) is 23.4 Å². The van der Waals surface area contributed by atoms with E-state index in [2.05, 4.69) is 5.32 Å². The van der Waals surface area contributed by atoms with Gasteiger partial charge in [0, 0.05) is 30.3 Å². The molecule has 4 bridgehead atoms. The number of amides is 1. The van der Waals surface area contributed by atoms with Crippen molar-refractivity contribution in [2.24, 2.45) is 17.3 Å². The molecule has 1 N–H and O–H groups in total. The molecule has 1 aromatic carbocycles. The monoisotopic (exact) mass is 390 g/mol. The zero-order chi connectivity index (χ0) is 19.2. The van der Waals surface area contributed by atoms with Crippen molar-refractivity contribution < 1.29 is 14.3 Å². The number of benzene rings is 1. The molecule has 27 heavy (non-hydrogen) atoms. The summed E-state index contributed by atoms with van der Waals surface area (Å²) in [4.78, 5) is 26.8. The third-order valence-electron chi connectivity index (χ3n) is 6.42. The molecule has 4 aliphatic rings. The molecule has 0 radical (unpaired) electrons. The average molecular weight is 391 g/mol. The normalized spacial score (nSPS) is 33.6. The summed E-state index contributed by atoms with van der Waals surface area (Å²) in [5.74, 6) is 0.506. The Labute approximate surface area is 165 Å². The van der Waals surface area contributed by atoms with Gasteiger partial charge in [-0.3, -0.25) is 9.59 Å². The van der Waals surface area contributed by atoms with E-state index in [1.807, 2.05) is 43.3 Å². The smallest absolute Gasteiger partial charge is 0.312 e. The van der Waals surface area contributed by atoms with E-state index < -0.39 is 5.41 Å². The Kier molecular flexibility index (Phi) is 4.61. The highest BCUT2D eigenvalue weighted by molar-refractivity contribution is 6.24. The minimum atomic E-state index is -0.473. The van der Waals surface area contributed by atoms with Crippen molar-refractivity contribution in [2.45, 2.75) is 43.4 Å². The van der Waals surface area contributed by atoms with Crippen LogP contribution in [0.15, 0.2) is 24.3 Å². The third kappa shape index (κ3) is 3.66. The molecule has 146 valence electrons. The molecule has 2 unspecified atom stereocenters. The second-order valence-electron chi connectivity index (χ2n) is 8.96. The Morgan fingerprint density at radius 1 is 1.15 bits per heavy atom. The molecule has 4 atom stereocenters. The number of carbonyl (C=O) groups is 2. The zero-order valence-electron chi connectivity index (χ0n) is 16.0. The summed E-state index contributed by atoms with van der Waals surface area (Å²) in [7, 11) is 3.92. The van der Waals surface area contributed by atoms with Gasteiger partial charge >= 0.3 is 5.97 Å². The summed E-state index contributed by atoms with van der Waals surface area (Å²) < 4.78 is 5.45. The minimum absolute atomic E-state index is 0.236. The lowest BCUT2D eigenvalue weighted by Gasteiger charge is -2.58. The van der Waals surface area contributed by atoms with Crippen LogP contribution in [0.3, 0.4) is 0 Å². The molecular formula is C21H27ClN2O3. The molecule has 5 rings (SSSR count). The molecule has 0 heterocycles. The van der Waals surface area contributed by atoms with Crippen LogP contribution < -0.4 is 10.2 Å². The Hall–Kier alpha value is -1.75. The van der Waals surface area contributed by atoms with Crippen LogP contribution in [-0.2, 0) is 14.3 Å². The number of carbonyl (C=O) groups excluding carboxylic acids is 2. The fourth-order valence-corrected chi connectivity index (χ4v) is 6.41. The van der Waals surface area contributed by atoms with Gasteiger partial charge in [0.2, 0.25) is 0 Å². The molecular weight excluding hydrogens is 364 g/mol. The molecule has 4 saturated carbocycles. The van der Waals surface area contributed by atoms with Crippen LogP contribution in [-0.4, -0.2) is 37.5 Å². The maximum absolute atomic E-state index is 12.8. The highest BCUT2D eigenvalue weighted by Gasteiger charge is 2.60. The standard InChI is InChI=1S/C21H27ClN2O3/c1-24(2)17-5-3-16(4-6-17)23-18(25)12-27-19(26)20-8-14-7-15(9-20)11-21(22,10-14)13-20/h3-6,14-15H,7-13H2,1-2H3,(H,23,25)/t14-,15+,20?,21?. The number of alkyl halides is 1. The molecule has 0 saturated heterocycles. The summed E-state index contributed by atoms with van der Waals surface area (Å²) in [5.41, 5.74) is 1.27. The SMILES string of the molecule is CN(C)c1ccc(NC(=O)COC(=O)C23C[C@@H]4C[C@@H](CC(Cl)(C4)C2)C3)cc1. The Morgan fingerprint density at radius 2 is 1.78 bits per heavy atom. The molecule has 4 aliphatic carbocycles. The van der Waals surface area contributed by atoms with Crippen molar-refractivity contribution in [2.75, 3.05) is 30.9 Å². The predicted octanol–water partition coefficient (Wildman–Crippen LogP) is 3.81. The fraction of sp³-hybridized carbons (Fsp3) is 0.619. The number of halogens is 1. The van der Waals surface area contributed by atoms with Crippen LogP contribution >= 0.6 is 11.6 Å². The summed E-state index contributed by atoms with van der Waals surface area (Å²) >= 11 is 6.78. The molecule has 0 aromatic heterocycles. The summed E-state index contributed by atoms with van der Waals surface area (Å²) in [6.07, 6.45) is 5.65.